The average Bonchev–Trinajstić information content (AvgIpc) is 3.00. The predicted molar refractivity (Wildman–Crippen MR) is 86.8 cm³/mol. The molecule has 3 rings (SSSR count). The minimum Gasteiger partial charge on any atom is -0.493 e. The molecule has 1 aliphatic rings. The van der Waals surface area contributed by atoms with Crippen LogP contribution < -0.4 is 10.1 Å². The van der Waals surface area contributed by atoms with Gasteiger partial charge in [0.2, 0.25) is 0 Å². The van der Waals surface area contributed by atoms with Crippen LogP contribution in [0, 0.1) is 0 Å². The van der Waals surface area contributed by atoms with Gasteiger partial charge in [0.1, 0.15) is 5.75 Å². The molecule has 1 aliphatic heterocycles. The molecular weight excluding hydrogens is 258 g/mol. The zero-order chi connectivity index (χ0) is 14.5. The summed E-state index contributed by atoms with van der Waals surface area (Å²) in [6.07, 6.45) is 3.23. The van der Waals surface area contributed by atoms with E-state index in [1.165, 1.54) is 16.7 Å². The van der Waals surface area contributed by atoms with Crippen molar-refractivity contribution >= 4 is 0 Å². The van der Waals surface area contributed by atoms with Crippen LogP contribution in [0.5, 0.6) is 5.75 Å². The summed E-state index contributed by atoms with van der Waals surface area (Å²) in [4.78, 5) is 0. The minimum absolute atomic E-state index is 0.430. The number of benzene rings is 2. The first-order chi connectivity index (χ1) is 10.4. The molecule has 0 aromatic heterocycles. The van der Waals surface area contributed by atoms with Crippen LogP contribution in [0.25, 0.3) is 0 Å². The molecule has 1 N–H and O–H groups in total. The van der Waals surface area contributed by atoms with E-state index in [0.29, 0.717) is 6.04 Å². The summed E-state index contributed by atoms with van der Waals surface area (Å²) in [5, 5.41) is 3.68. The molecule has 0 aliphatic carbocycles. The molecule has 1 heterocycles. The molecule has 0 saturated heterocycles. The summed E-state index contributed by atoms with van der Waals surface area (Å²) < 4.78 is 5.59. The van der Waals surface area contributed by atoms with Crippen LogP contribution in [0.1, 0.15) is 36.1 Å². The second kappa shape index (κ2) is 6.77. The van der Waals surface area contributed by atoms with Crippen LogP contribution in [-0.4, -0.2) is 13.2 Å². The van der Waals surface area contributed by atoms with Crippen LogP contribution in [0.15, 0.2) is 48.5 Å². The van der Waals surface area contributed by atoms with Crippen molar-refractivity contribution in [1.29, 1.82) is 0 Å². The molecule has 2 heteroatoms. The van der Waals surface area contributed by atoms with Crippen molar-refractivity contribution in [2.45, 2.75) is 32.2 Å². The molecule has 2 aromatic carbocycles. The fourth-order valence-corrected chi connectivity index (χ4v) is 2.96. The van der Waals surface area contributed by atoms with E-state index >= 15 is 0 Å². The number of nitrogens with one attached hydrogen (secondary N) is 1. The lowest BCUT2D eigenvalue weighted by Gasteiger charge is -2.18. The van der Waals surface area contributed by atoms with Crippen LogP contribution >= 0.6 is 0 Å². The van der Waals surface area contributed by atoms with Crippen LogP contribution in [-0.2, 0) is 12.8 Å². The third kappa shape index (κ3) is 3.45. The normalized spacial score (nSPS) is 14.5. The topological polar surface area (TPSA) is 21.3 Å². The molecule has 0 amide bonds. The molecule has 0 spiro atoms. The Kier molecular flexibility index (Phi) is 4.56. The molecule has 1 unspecified atom stereocenters. The van der Waals surface area contributed by atoms with Gasteiger partial charge in [0.05, 0.1) is 6.61 Å². The van der Waals surface area contributed by atoms with E-state index in [2.05, 4.69) is 60.8 Å². The van der Waals surface area contributed by atoms with Crippen LogP contribution in [0.3, 0.4) is 0 Å². The van der Waals surface area contributed by atoms with Gasteiger partial charge in [-0.1, -0.05) is 49.4 Å². The van der Waals surface area contributed by atoms with E-state index in [-0.39, 0.29) is 0 Å². The van der Waals surface area contributed by atoms with E-state index in [4.69, 9.17) is 4.74 Å². The molecule has 2 aromatic rings. The molecule has 2 nitrogen and oxygen atoms in total. The van der Waals surface area contributed by atoms with Gasteiger partial charge in [-0.2, -0.15) is 0 Å². The first-order valence-corrected chi connectivity index (χ1v) is 7.89. The third-order valence-corrected chi connectivity index (χ3v) is 4.17. The van der Waals surface area contributed by atoms with Crippen molar-refractivity contribution in [3.63, 3.8) is 0 Å². The summed E-state index contributed by atoms with van der Waals surface area (Å²) in [5.41, 5.74) is 4.13. The highest BCUT2D eigenvalue weighted by Gasteiger charge is 2.15. The highest BCUT2D eigenvalue weighted by molar-refractivity contribution is 5.40. The molecule has 21 heavy (non-hydrogen) atoms. The molecule has 0 fully saturated rings. The highest BCUT2D eigenvalue weighted by Crippen LogP contribution is 2.29. The Balaban J connectivity index is 1.60. The number of ether oxygens (including phenoxy) is 1. The van der Waals surface area contributed by atoms with Gasteiger partial charge in [-0.3, -0.25) is 0 Å². The van der Waals surface area contributed by atoms with Gasteiger partial charge in [-0.15, -0.1) is 0 Å². The first-order valence-electron chi connectivity index (χ1n) is 7.89. The Hall–Kier alpha value is -1.80. The van der Waals surface area contributed by atoms with E-state index < -0.39 is 0 Å². The maximum Gasteiger partial charge on any atom is 0.122 e. The maximum absolute atomic E-state index is 5.59. The van der Waals surface area contributed by atoms with E-state index in [9.17, 15) is 0 Å². The zero-order valence-electron chi connectivity index (χ0n) is 12.6. The molecular formula is C19H23NO. The quantitative estimate of drug-likeness (QED) is 0.867. The summed E-state index contributed by atoms with van der Waals surface area (Å²) in [6, 6.07) is 17.7. The molecule has 0 saturated carbocycles. The molecule has 1 atom stereocenters. The van der Waals surface area contributed by atoms with Gasteiger partial charge in [0.15, 0.2) is 0 Å². The second-order valence-corrected chi connectivity index (χ2v) is 5.62. The lowest BCUT2D eigenvalue weighted by atomic mass is 10.0. The van der Waals surface area contributed by atoms with Crippen molar-refractivity contribution in [2.24, 2.45) is 0 Å². The number of hydrogen-bond donors (Lipinski definition) is 1. The summed E-state index contributed by atoms with van der Waals surface area (Å²) in [7, 11) is 0. The number of hydrogen-bond acceptors (Lipinski definition) is 2. The first kappa shape index (κ1) is 14.2. The smallest absolute Gasteiger partial charge is 0.122 e. The Labute approximate surface area is 127 Å². The lowest BCUT2D eigenvalue weighted by Crippen LogP contribution is -2.23. The second-order valence-electron chi connectivity index (χ2n) is 5.62. The van der Waals surface area contributed by atoms with Crippen molar-refractivity contribution < 1.29 is 4.74 Å². The minimum atomic E-state index is 0.430. The highest BCUT2D eigenvalue weighted by atomic mass is 16.5. The third-order valence-electron chi connectivity index (χ3n) is 4.17. The molecule has 0 bridgehead atoms. The summed E-state index contributed by atoms with van der Waals surface area (Å²) in [6.45, 7) is 4.08. The van der Waals surface area contributed by atoms with E-state index in [0.717, 1.165) is 38.2 Å². The fourth-order valence-electron chi connectivity index (χ4n) is 2.96. The van der Waals surface area contributed by atoms with Crippen LogP contribution in [0.2, 0.25) is 0 Å². The van der Waals surface area contributed by atoms with Crippen LogP contribution in [0.4, 0.5) is 0 Å². The molecule has 110 valence electrons. The maximum atomic E-state index is 5.59. The monoisotopic (exact) mass is 281 g/mol. The van der Waals surface area contributed by atoms with Crippen molar-refractivity contribution in [3.8, 4) is 5.75 Å². The lowest BCUT2D eigenvalue weighted by molar-refractivity contribution is 0.356. The van der Waals surface area contributed by atoms with Gasteiger partial charge < -0.3 is 10.1 Å². The van der Waals surface area contributed by atoms with E-state index in [1.54, 1.807) is 0 Å². The van der Waals surface area contributed by atoms with Crippen molar-refractivity contribution in [2.75, 3.05) is 13.2 Å². The largest absolute Gasteiger partial charge is 0.493 e. The van der Waals surface area contributed by atoms with E-state index in [1.807, 2.05) is 0 Å². The van der Waals surface area contributed by atoms with Gasteiger partial charge >= 0.3 is 0 Å². The predicted octanol–water partition coefficient (Wildman–Crippen LogP) is 3.90. The molecule has 0 radical (unpaired) electrons. The zero-order valence-corrected chi connectivity index (χ0v) is 12.6. The Morgan fingerprint density at radius 3 is 2.81 bits per heavy atom. The number of fused-ring (bicyclic) bond motifs is 1. The Bertz CT molecular complexity index is 579. The summed E-state index contributed by atoms with van der Waals surface area (Å²) >= 11 is 0. The summed E-state index contributed by atoms with van der Waals surface area (Å²) in [5.74, 6) is 1.07. The van der Waals surface area contributed by atoms with Crippen molar-refractivity contribution in [3.05, 3.63) is 65.2 Å². The Morgan fingerprint density at radius 1 is 1.14 bits per heavy atom. The number of rotatable bonds is 6. The van der Waals surface area contributed by atoms with Gasteiger partial charge in [0.25, 0.3) is 0 Å². The SMILES string of the molecule is CCC(NCCc1ccccc1)c1ccc2c(c1)CCO2. The van der Waals surface area contributed by atoms with Gasteiger partial charge in [0, 0.05) is 12.5 Å². The standard InChI is InChI=1S/C19H23NO/c1-2-18(20-12-10-15-6-4-3-5-7-15)16-8-9-19-17(14-16)11-13-21-19/h3-9,14,18,20H,2,10-13H2,1H3. The Morgan fingerprint density at radius 2 is 2.00 bits per heavy atom. The van der Waals surface area contributed by atoms with Gasteiger partial charge in [-0.25, -0.2) is 0 Å². The van der Waals surface area contributed by atoms with Crippen molar-refractivity contribution in [1.82, 2.24) is 5.32 Å². The van der Waals surface area contributed by atoms with Gasteiger partial charge in [-0.05, 0) is 42.1 Å². The average molecular weight is 281 g/mol. The fraction of sp³-hybridized carbons (Fsp3) is 0.368.